The average Bonchev–Trinajstić information content (AvgIpc) is 2.53. The van der Waals surface area contributed by atoms with E-state index in [-0.39, 0.29) is 0 Å². The number of anilines is 4. The van der Waals surface area contributed by atoms with Crippen LogP contribution in [0.2, 0.25) is 0 Å². The van der Waals surface area contributed by atoms with Crippen molar-refractivity contribution >= 4 is 23.5 Å². The quantitative estimate of drug-likeness (QED) is 0.910. The van der Waals surface area contributed by atoms with Crippen molar-refractivity contribution in [1.82, 2.24) is 15.0 Å². The molecule has 1 N–H and O–H groups in total. The molecule has 0 saturated carbocycles. The van der Waals surface area contributed by atoms with Crippen molar-refractivity contribution in [1.29, 1.82) is 0 Å². The fourth-order valence-electron chi connectivity index (χ4n) is 1.89. The minimum atomic E-state index is 0.556. The van der Waals surface area contributed by atoms with E-state index in [1.807, 2.05) is 30.9 Å². The van der Waals surface area contributed by atoms with E-state index in [1.54, 1.807) is 7.05 Å². The molecule has 2 aromatic rings. The van der Waals surface area contributed by atoms with Crippen LogP contribution in [0.15, 0.2) is 24.3 Å². The lowest BCUT2D eigenvalue weighted by molar-refractivity contribution is 0.933. The van der Waals surface area contributed by atoms with Gasteiger partial charge in [0.15, 0.2) is 0 Å². The van der Waals surface area contributed by atoms with E-state index >= 15 is 0 Å². The molecule has 0 spiro atoms. The third-order valence-electron chi connectivity index (χ3n) is 3.27. The third kappa shape index (κ3) is 3.39. The molecule has 0 amide bonds. The molecule has 0 aliphatic heterocycles. The van der Waals surface area contributed by atoms with Crippen LogP contribution in [0.4, 0.5) is 23.5 Å². The fourth-order valence-corrected chi connectivity index (χ4v) is 1.89. The van der Waals surface area contributed by atoms with Gasteiger partial charge >= 0.3 is 0 Å². The topological polar surface area (TPSA) is 57.2 Å². The van der Waals surface area contributed by atoms with Gasteiger partial charge in [-0.2, -0.15) is 15.0 Å². The number of hydrogen-bond donors (Lipinski definition) is 1. The second kappa shape index (κ2) is 6.39. The maximum atomic E-state index is 4.49. The SMILES string of the molecule is CCc1ccc(N(C)c2nc(NC)nc(N(C)C)n2)cc1. The Balaban J connectivity index is 2.36. The molecule has 6 nitrogen and oxygen atoms in total. The first-order valence-electron chi connectivity index (χ1n) is 6.99. The summed E-state index contributed by atoms with van der Waals surface area (Å²) in [5.74, 6) is 1.80. The summed E-state index contributed by atoms with van der Waals surface area (Å²) in [5, 5.41) is 2.97. The molecule has 0 saturated heterocycles. The molecule has 112 valence electrons. The van der Waals surface area contributed by atoms with Crippen LogP contribution in [0.3, 0.4) is 0 Å². The summed E-state index contributed by atoms with van der Waals surface area (Å²) >= 11 is 0. The Hall–Kier alpha value is -2.37. The van der Waals surface area contributed by atoms with E-state index in [9.17, 15) is 0 Å². The van der Waals surface area contributed by atoms with Crippen LogP contribution in [-0.2, 0) is 6.42 Å². The minimum Gasteiger partial charge on any atom is -0.357 e. The molecule has 2 rings (SSSR count). The van der Waals surface area contributed by atoms with E-state index in [0.29, 0.717) is 17.8 Å². The first-order chi connectivity index (χ1) is 10.0. The Morgan fingerprint density at radius 1 is 0.952 bits per heavy atom. The first kappa shape index (κ1) is 15.0. The zero-order chi connectivity index (χ0) is 15.4. The van der Waals surface area contributed by atoms with Crippen molar-refractivity contribution in [3.63, 3.8) is 0 Å². The summed E-state index contributed by atoms with van der Waals surface area (Å²) < 4.78 is 0. The van der Waals surface area contributed by atoms with Crippen molar-refractivity contribution in [3.8, 4) is 0 Å². The van der Waals surface area contributed by atoms with Crippen LogP contribution in [0.1, 0.15) is 12.5 Å². The van der Waals surface area contributed by atoms with Crippen molar-refractivity contribution in [2.75, 3.05) is 43.3 Å². The van der Waals surface area contributed by atoms with Crippen molar-refractivity contribution in [2.45, 2.75) is 13.3 Å². The minimum absolute atomic E-state index is 0.556. The monoisotopic (exact) mass is 286 g/mol. The van der Waals surface area contributed by atoms with Crippen LogP contribution in [0.5, 0.6) is 0 Å². The molecule has 1 aromatic heterocycles. The highest BCUT2D eigenvalue weighted by Gasteiger charge is 2.12. The molecule has 0 aliphatic rings. The normalized spacial score (nSPS) is 10.3. The van der Waals surface area contributed by atoms with Gasteiger partial charge in [-0.25, -0.2) is 0 Å². The summed E-state index contributed by atoms with van der Waals surface area (Å²) in [6.45, 7) is 2.15. The molecule has 21 heavy (non-hydrogen) atoms. The fraction of sp³-hybridized carbons (Fsp3) is 0.400. The van der Waals surface area contributed by atoms with Crippen LogP contribution >= 0.6 is 0 Å². The van der Waals surface area contributed by atoms with Crippen molar-refractivity contribution < 1.29 is 0 Å². The molecule has 1 aromatic carbocycles. The molecule has 6 heteroatoms. The lowest BCUT2D eigenvalue weighted by Crippen LogP contribution is -2.19. The standard InChI is InChI=1S/C15H22N6/c1-6-11-7-9-12(10-8-11)21(5)15-18-13(16-2)17-14(19-15)20(3)4/h7-10H,6H2,1-5H3,(H,16,17,18,19). The third-order valence-corrected chi connectivity index (χ3v) is 3.27. The van der Waals surface area contributed by atoms with Crippen LogP contribution in [-0.4, -0.2) is 43.1 Å². The number of benzene rings is 1. The van der Waals surface area contributed by atoms with E-state index in [1.165, 1.54) is 5.56 Å². The zero-order valence-electron chi connectivity index (χ0n) is 13.3. The Morgan fingerprint density at radius 3 is 2.10 bits per heavy atom. The summed E-state index contributed by atoms with van der Waals surface area (Å²) in [6.07, 6.45) is 1.03. The zero-order valence-corrected chi connectivity index (χ0v) is 13.3. The number of aromatic nitrogens is 3. The van der Waals surface area contributed by atoms with Gasteiger partial charge in [-0.05, 0) is 24.1 Å². The van der Waals surface area contributed by atoms with Gasteiger partial charge in [-0.15, -0.1) is 0 Å². The molecule has 0 unspecified atom stereocenters. The molecular formula is C15H22N6. The number of nitrogens with zero attached hydrogens (tertiary/aromatic N) is 5. The lowest BCUT2D eigenvalue weighted by atomic mass is 10.1. The second-order valence-corrected chi connectivity index (χ2v) is 4.98. The first-order valence-corrected chi connectivity index (χ1v) is 6.99. The van der Waals surface area contributed by atoms with Gasteiger partial charge in [0.2, 0.25) is 17.8 Å². The van der Waals surface area contributed by atoms with Crippen LogP contribution in [0, 0.1) is 0 Å². The number of aryl methyl sites for hydroxylation is 1. The molecule has 0 atom stereocenters. The van der Waals surface area contributed by atoms with Gasteiger partial charge in [0, 0.05) is 33.9 Å². The molecule has 0 radical (unpaired) electrons. The number of rotatable bonds is 5. The Morgan fingerprint density at radius 2 is 1.57 bits per heavy atom. The van der Waals surface area contributed by atoms with Gasteiger partial charge in [-0.3, -0.25) is 0 Å². The molecule has 1 heterocycles. The maximum absolute atomic E-state index is 4.49. The lowest BCUT2D eigenvalue weighted by Gasteiger charge is -2.20. The second-order valence-electron chi connectivity index (χ2n) is 4.98. The maximum Gasteiger partial charge on any atom is 0.236 e. The van der Waals surface area contributed by atoms with Crippen molar-refractivity contribution in [2.24, 2.45) is 0 Å². The van der Waals surface area contributed by atoms with E-state index < -0.39 is 0 Å². The smallest absolute Gasteiger partial charge is 0.236 e. The predicted octanol–water partition coefficient (Wildman–Crippen LogP) is 2.31. The Labute approximate surface area is 125 Å². The Bertz CT molecular complexity index is 594. The van der Waals surface area contributed by atoms with E-state index in [0.717, 1.165) is 12.1 Å². The molecular weight excluding hydrogens is 264 g/mol. The molecule has 0 bridgehead atoms. The largest absolute Gasteiger partial charge is 0.357 e. The summed E-state index contributed by atoms with van der Waals surface area (Å²) in [4.78, 5) is 17.0. The van der Waals surface area contributed by atoms with E-state index in [2.05, 4.69) is 51.5 Å². The van der Waals surface area contributed by atoms with Gasteiger partial charge in [0.25, 0.3) is 0 Å². The number of hydrogen-bond acceptors (Lipinski definition) is 6. The van der Waals surface area contributed by atoms with Gasteiger partial charge < -0.3 is 15.1 Å². The van der Waals surface area contributed by atoms with Gasteiger partial charge in [-0.1, -0.05) is 19.1 Å². The highest BCUT2D eigenvalue weighted by molar-refractivity contribution is 5.58. The predicted molar refractivity (Wildman–Crippen MR) is 87.6 cm³/mol. The summed E-state index contributed by atoms with van der Waals surface area (Å²) in [7, 11) is 7.58. The van der Waals surface area contributed by atoms with Gasteiger partial charge in [0.05, 0.1) is 0 Å². The summed E-state index contributed by atoms with van der Waals surface area (Å²) in [5.41, 5.74) is 2.36. The molecule has 0 aliphatic carbocycles. The van der Waals surface area contributed by atoms with Gasteiger partial charge in [0.1, 0.15) is 0 Å². The average molecular weight is 286 g/mol. The highest BCUT2D eigenvalue weighted by Crippen LogP contribution is 2.22. The number of nitrogens with one attached hydrogen (secondary N) is 1. The van der Waals surface area contributed by atoms with Crippen molar-refractivity contribution in [3.05, 3.63) is 29.8 Å². The highest BCUT2D eigenvalue weighted by atomic mass is 15.3. The van der Waals surface area contributed by atoms with Crippen LogP contribution in [0.25, 0.3) is 0 Å². The van der Waals surface area contributed by atoms with E-state index in [4.69, 9.17) is 0 Å². The molecule has 0 fully saturated rings. The summed E-state index contributed by atoms with van der Waals surface area (Å²) in [6, 6.07) is 8.41. The Kier molecular flexibility index (Phi) is 4.57. The van der Waals surface area contributed by atoms with Crippen LogP contribution < -0.4 is 15.1 Å².